The molecular formula is C20H20O5. The molecule has 3 heterocycles. The fourth-order valence-corrected chi connectivity index (χ4v) is 3.21. The zero-order valence-electron chi connectivity index (χ0n) is 14.2. The molecule has 4 bridgehead atoms. The van der Waals surface area contributed by atoms with Crippen molar-refractivity contribution in [3.63, 3.8) is 0 Å². The van der Waals surface area contributed by atoms with E-state index in [0.717, 1.165) is 11.1 Å². The number of aromatic carboxylic acids is 1. The molecule has 0 aromatic carbocycles. The van der Waals surface area contributed by atoms with E-state index in [1.54, 1.807) is 19.1 Å². The largest absolute Gasteiger partial charge is 0.478 e. The lowest BCUT2D eigenvalue weighted by molar-refractivity contribution is -0.139. The van der Waals surface area contributed by atoms with Crippen LogP contribution in [0.3, 0.4) is 0 Å². The van der Waals surface area contributed by atoms with Crippen LogP contribution in [0.15, 0.2) is 58.6 Å². The van der Waals surface area contributed by atoms with Crippen molar-refractivity contribution >= 4 is 11.9 Å². The molecule has 2 aliphatic heterocycles. The Labute approximate surface area is 146 Å². The second-order valence-electron chi connectivity index (χ2n) is 6.62. The van der Waals surface area contributed by atoms with E-state index in [1.807, 2.05) is 13.0 Å². The van der Waals surface area contributed by atoms with Crippen LogP contribution in [-0.4, -0.2) is 23.1 Å². The van der Waals surface area contributed by atoms with E-state index >= 15 is 0 Å². The molecule has 3 rings (SSSR count). The molecule has 0 saturated carbocycles. The highest BCUT2D eigenvalue weighted by Crippen LogP contribution is 2.37. The Morgan fingerprint density at radius 3 is 2.60 bits per heavy atom. The molecule has 3 atom stereocenters. The van der Waals surface area contributed by atoms with Crippen LogP contribution in [0.25, 0.3) is 0 Å². The third kappa shape index (κ3) is 3.09. The summed E-state index contributed by atoms with van der Waals surface area (Å²) in [5.74, 6) is -1.20. The van der Waals surface area contributed by atoms with E-state index in [1.165, 1.54) is 6.07 Å². The summed E-state index contributed by atoms with van der Waals surface area (Å²) in [4.78, 5) is 23.8. The Morgan fingerprint density at radius 1 is 1.28 bits per heavy atom. The average Bonchev–Trinajstić information content (AvgIpc) is 3.05. The molecular weight excluding hydrogens is 320 g/mol. The fraction of sp³-hybridized carbons (Fsp3) is 0.300. The van der Waals surface area contributed by atoms with E-state index in [9.17, 15) is 14.7 Å². The van der Waals surface area contributed by atoms with Crippen LogP contribution in [0, 0.1) is 5.92 Å². The van der Waals surface area contributed by atoms with Crippen LogP contribution in [0.5, 0.6) is 0 Å². The van der Waals surface area contributed by atoms with Gasteiger partial charge < -0.3 is 14.3 Å². The normalized spacial score (nSPS) is 25.0. The van der Waals surface area contributed by atoms with Gasteiger partial charge in [0.25, 0.3) is 0 Å². The maximum absolute atomic E-state index is 12.1. The van der Waals surface area contributed by atoms with Crippen molar-refractivity contribution < 1.29 is 23.8 Å². The molecule has 130 valence electrons. The fourth-order valence-electron chi connectivity index (χ4n) is 3.21. The van der Waals surface area contributed by atoms with Crippen LogP contribution < -0.4 is 0 Å². The number of esters is 1. The second kappa shape index (κ2) is 6.24. The van der Waals surface area contributed by atoms with Crippen molar-refractivity contribution in [1.82, 2.24) is 0 Å². The summed E-state index contributed by atoms with van der Waals surface area (Å²) in [5.41, 5.74) is 2.18. The van der Waals surface area contributed by atoms with Gasteiger partial charge in [-0.05, 0) is 26.0 Å². The number of hydrogen-bond acceptors (Lipinski definition) is 4. The Hall–Kier alpha value is -2.82. The molecule has 0 fully saturated rings. The zero-order valence-corrected chi connectivity index (χ0v) is 14.2. The third-order valence-electron chi connectivity index (χ3n) is 4.59. The summed E-state index contributed by atoms with van der Waals surface area (Å²) >= 11 is 0. The summed E-state index contributed by atoms with van der Waals surface area (Å²) in [6.45, 7) is 11.6. The van der Waals surface area contributed by atoms with E-state index in [-0.39, 0.29) is 11.5 Å². The molecule has 0 saturated heterocycles. The first-order valence-corrected chi connectivity index (χ1v) is 8.05. The SMILES string of the molecule is C=C(C)[C@@H]1C=CC2=C[C@@H](OC2=O)[C@@H](C(=C)C)c2cc(C(=O)O)c(o2)C1. The highest BCUT2D eigenvalue weighted by molar-refractivity contribution is 5.94. The molecule has 0 spiro atoms. The summed E-state index contributed by atoms with van der Waals surface area (Å²) in [6, 6.07) is 1.51. The van der Waals surface area contributed by atoms with Gasteiger partial charge in [-0.1, -0.05) is 36.5 Å². The van der Waals surface area contributed by atoms with Crippen molar-refractivity contribution in [2.75, 3.05) is 0 Å². The number of ether oxygens (including phenoxy) is 1. The number of carbonyl (C=O) groups is 2. The first-order chi connectivity index (χ1) is 11.8. The molecule has 1 aromatic heterocycles. The van der Waals surface area contributed by atoms with Crippen molar-refractivity contribution in [2.45, 2.75) is 32.3 Å². The predicted octanol–water partition coefficient (Wildman–Crippen LogP) is 3.79. The van der Waals surface area contributed by atoms with Crippen LogP contribution >= 0.6 is 0 Å². The zero-order chi connectivity index (χ0) is 18.3. The van der Waals surface area contributed by atoms with Crippen molar-refractivity contribution in [1.29, 1.82) is 0 Å². The van der Waals surface area contributed by atoms with Gasteiger partial charge in [-0.25, -0.2) is 9.59 Å². The molecule has 0 radical (unpaired) electrons. The highest BCUT2D eigenvalue weighted by Gasteiger charge is 2.36. The number of fused-ring (bicyclic) bond motifs is 3. The number of rotatable bonds is 3. The molecule has 0 aliphatic carbocycles. The Bertz CT molecular complexity index is 836. The van der Waals surface area contributed by atoms with Crippen LogP contribution in [0.1, 0.15) is 41.6 Å². The molecule has 25 heavy (non-hydrogen) atoms. The molecule has 2 aliphatic rings. The molecule has 0 amide bonds. The van der Waals surface area contributed by atoms with Gasteiger partial charge in [0, 0.05) is 12.3 Å². The molecule has 1 N–H and O–H groups in total. The van der Waals surface area contributed by atoms with Crippen LogP contribution in [0.4, 0.5) is 0 Å². The average molecular weight is 340 g/mol. The lowest BCUT2D eigenvalue weighted by Gasteiger charge is -2.20. The van der Waals surface area contributed by atoms with Gasteiger partial charge in [-0.3, -0.25) is 0 Å². The Balaban J connectivity index is 2.19. The van der Waals surface area contributed by atoms with Crippen molar-refractivity contribution in [2.24, 2.45) is 5.92 Å². The van der Waals surface area contributed by atoms with Crippen LogP contribution in [0.2, 0.25) is 0 Å². The third-order valence-corrected chi connectivity index (χ3v) is 4.59. The number of carbonyl (C=O) groups excluding carboxylic acids is 1. The number of carboxylic acid groups (broad SMARTS) is 1. The van der Waals surface area contributed by atoms with Crippen molar-refractivity contribution in [3.8, 4) is 0 Å². The second-order valence-corrected chi connectivity index (χ2v) is 6.62. The van der Waals surface area contributed by atoms with E-state index < -0.39 is 24.0 Å². The van der Waals surface area contributed by atoms with Gasteiger partial charge in [0.2, 0.25) is 0 Å². The number of allylic oxidation sites excluding steroid dienone is 2. The summed E-state index contributed by atoms with van der Waals surface area (Å²) in [6.07, 6.45) is 5.09. The topological polar surface area (TPSA) is 76.7 Å². The van der Waals surface area contributed by atoms with E-state index in [2.05, 4.69) is 13.2 Å². The first kappa shape index (κ1) is 17.0. The van der Waals surface area contributed by atoms with E-state index in [0.29, 0.717) is 23.5 Å². The minimum atomic E-state index is -1.05. The van der Waals surface area contributed by atoms with Gasteiger partial charge in [0.15, 0.2) is 0 Å². The minimum absolute atomic E-state index is 0.120. The highest BCUT2D eigenvalue weighted by atomic mass is 16.5. The monoisotopic (exact) mass is 340 g/mol. The van der Waals surface area contributed by atoms with Crippen LogP contribution in [-0.2, 0) is 16.0 Å². The number of carboxylic acids is 1. The van der Waals surface area contributed by atoms with Gasteiger partial charge in [0.05, 0.1) is 11.5 Å². The smallest absolute Gasteiger partial charge is 0.339 e. The van der Waals surface area contributed by atoms with Gasteiger partial charge in [-0.2, -0.15) is 0 Å². The van der Waals surface area contributed by atoms with Gasteiger partial charge in [-0.15, -0.1) is 0 Å². The maximum atomic E-state index is 12.1. The van der Waals surface area contributed by atoms with E-state index in [4.69, 9.17) is 9.15 Å². The molecule has 5 heteroatoms. The quantitative estimate of drug-likeness (QED) is 0.669. The summed E-state index contributed by atoms with van der Waals surface area (Å²) < 4.78 is 11.4. The number of furan rings is 1. The molecule has 1 aromatic rings. The molecule has 5 nitrogen and oxygen atoms in total. The lowest BCUT2D eigenvalue weighted by Crippen LogP contribution is -2.19. The minimum Gasteiger partial charge on any atom is -0.478 e. The standard InChI is InChI=1S/C20H20O5/c1-10(2)12-5-6-13-8-16(25-20(13)23)18(11(3)4)17-9-14(19(21)22)15(7-12)24-17/h5-6,8-9,12,16,18H,1,3,7H2,2,4H3,(H,21,22)/t12-,16-,18-/m1/s1. The van der Waals surface area contributed by atoms with Gasteiger partial charge >= 0.3 is 11.9 Å². The Morgan fingerprint density at radius 2 is 2.00 bits per heavy atom. The molecule has 0 unspecified atom stereocenters. The maximum Gasteiger partial charge on any atom is 0.339 e. The van der Waals surface area contributed by atoms with Crippen molar-refractivity contribution in [3.05, 3.63) is 71.3 Å². The summed E-state index contributed by atoms with van der Waals surface area (Å²) in [5, 5.41) is 9.52. The van der Waals surface area contributed by atoms with Gasteiger partial charge in [0.1, 0.15) is 23.2 Å². The first-order valence-electron chi connectivity index (χ1n) is 8.05. The number of hydrogen-bond donors (Lipinski definition) is 1. The lowest BCUT2D eigenvalue weighted by atomic mass is 9.90. The summed E-state index contributed by atoms with van der Waals surface area (Å²) in [7, 11) is 0. The predicted molar refractivity (Wildman–Crippen MR) is 92.3 cm³/mol. The Kier molecular flexibility index (Phi) is 4.25.